The van der Waals surface area contributed by atoms with Crippen LogP contribution < -0.4 is 10.1 Å². The highest BCUT2D eigenvalue weighted by atomic mass is 32.1. The molecule has 33 heavy (non-hydrogen) atoms. The summed E-state index contributed by atoms with van der Waals surface area (Å²) < 4.78 is 5.16. The van der Waals surface area contributed by atoms with E-state index in [1.54, 1.807) is 29.5 Å². The molecule has 2 heterocycles. The lowest BCUT2D eigenvalue weighted by Crippen LogP contribution is -2.38. The number of benzene rings is 2. The first-order chi connectivity index (χ1) is 15.9. The molecule has 0 spiro atoms. The Labute approximate surface area is 196 Å². The number of methoxy groups -OCH3 is 1. The third-order valence-corrected chi connectivity index (χ3v) is 6.82. The Bertz CT molecular complexity index is 1150. The van der Waals surface area contributed by atoms with Crippen LogP contribution in [0.25, 0.3) is 10.6 Å². The number of aromatic nitrogens is 1. The summed E-state index contributed by atoms with van der Waals surface area (Å²) in [5, 5.41) is 15.5. The number of hydrogen-bond donors (Lipinski definition) is 1. The summed E-state index contributed by atoms with van der Waals surface area (Å²) in [6.45, 7) is 3.83. The lowest BCUT2D eigenvalue weighted by Gasteiger charge is -2.17. The normalized spacial score (nSPS) is 16.0. The number of nitro benzene ring substituents is 1. The molecule has 0 bridgehead atoms. The Morgan fingerprint density at radius 2 is 2.06 bits per heavy atom. The molecule has 1 atom stereocenters. The Morgan fingerprint density at radius 1 is 1.27 bits per heavy atom. The third-order valence-electron chi connectivity index (χ3n) is 5.76. The van der Waals surface area contributed by atoms with Gasteiger partial charge in [0.15, 0.2) is 5.75 Å². The number of rotatable bonds is 8. The SMILES string of the molecule is COc1cccc(CN2CCC(NC(=O)Cc3nc(-c4ccccc4)sc3C)C2)c1[N+](=O)[O-]. The van der Waals surface area contributed by atoms with Gasteiger partial charge in [-0.1, -0.05) is 42.5 Å². The van der Waals surface area contributed by atoms with Gasteiger partial charge in [-0.05, 0) is 19.4 Å². The van der Waals surface area contributed by atoms with E-state index in [1.165, 1.54) is 7.11 Å². The first-order valence-corrected chi connectivity index (χ1v) is 11.6. The number of para-hydroxylation sites is 1. The number of carbonyl (C=O) groups is 1. The first-order valence-electron chi connectivity index (χ1n) is 10.8. The van der Waals surface area contributed by atoms with E-state index in [0.717, 1.165) is 34.1 Å². The van der Waals surface area contributed by atoms with Crippen molar-refractivity contribution in [3.8, 4) is 16.3 Å². The van der Waals surface area contributed by atoms with Gasteiger partial charge in [0, 0.05) is 41.7 Å². The number of likely N-dealkylation sites (tertiary alicyclic amines) is 1. The maximum absolute atomic E-state index is 12.7. The molecule has 172 valence electrons. The van der Waals surface area contributed by atoms with Gasteiger partial charge in [-0.15, -0.1) is 11.3 Å². The highest BCUT2D eigenvalue weighted by Crippen LogP contribution is 2.32. The largest absolute Gasteiger partial charge is 0.490 e. The molecule has 1 aromatic heterocycles. The summed E-state index contributed by atoms with van der Waals surface area (Å²) in [4.78, 5) is 31.7. The monoisotopic (exact) mass is 466 g/mol. The van der Waals surface area contributed by atoms with Crippen LogP contribution in [0, 0.1) is 17.0 Å². The van der Waals surface area contributed by atoms with E-state index in [0.29, 0.717) is 18.7 Å². The van der Waals surface area contributed by atoms with Crippen molar-refractivity contribution < 1.29 is 14.5 Å². The number of hydrogen-bond acceptors (Lipinski definition) is 7. The minimum absolute atomic E-state index is 0.000660. The van der Waals surface area contributed by atoms with E-state index in [-0.39, 0.29) is 29.8 Å². The average Bonchev–Trinajstić information content (AvgIpc) is 3.39. The van der Waals surface area contributed by atoms with Crippen molar-refractivity contribution in [3.05, 3.63) is 74.8 Å². The molecule has 1 aliphatic rings. The fraction of sp³-hybridized carbons (Fsp3) is 0.333. The molecule has 1 fully saturated rings. The maximum atomic E-state index is 12.7. The molecular weight excluding hydrogens is 440 g/mol. The summed E-state index contributed by atoms with van der Waals surface area (Å²) in [5.41, 5.74) is 2.46. The summed E-state index contributed by atoms with van der Waals surface area (Å²) in [6.07, 6.45) is 1.04. The van der Waals surface area contributed by atoms with Crippen molar-refractivity contribution in [2.75, 3.05) is 20.2 Å². The molecule has 9 heteroatoms. The minimum Gasteiger partial charge on any atom is -0.490 e. The number of aryl methyl sites for hydroxylation is 1. The topological polar surface area (TPSA) is 97.6 Å². The Hall–Kier alpha value is -3.30. The van der Waals surface area contributed by atoms with Gasteiger partial charge < -0.3 is 10.1 Å². The van der Waals surface area contributed by atoms with Crippen LogP contribution in [0.3, 0.4) is 0 Å². The second kappa shape index (κ2) is 10.1. The number of nitrogens with zero attached hydrogens (tertiary/aromatic N) is 3. The summed E-state index contributed by atoms with van der Waals surface area (Å²) in [5.74, 6) is 0.206. The molecule has 0 saturated carbocycles. The summed E-state index contributed by atoms with van der Waals surface area (Å²) in [7, 11) is 1.43. The van der Waals surface area contributed by atoms with Crippen molar-refractivity contribution in [3.63, 3.8) is 0 Å². The van der Waals surface area contributed by atoms with E-state index < -0.39 is 4.92 Å². The zero-order valence-corrected chi connectivity index (χ0v) is 19.4. The lowest BCUT2D eigenvalue weighted by molar-refractivity contribution is -0.386. The minimum atomic E-state index is -0.399. The molecule has 2 aromatic carbocycles. The van der Waals surface area contributed by atoms with Gasteiger partial charge in [0.25, 0.3) is 0 Å². The molecule has 1 aliphatic heterocycles. The zero-order chi connectivity index (χ0) is 23.4. The standard InChI is InChI=1S/C24H26N4O4S/c1-16-20(26-24(33-16)17-7-4-3-5-8-17)13-22(29)25-19-11-12-27(15-19)14-18-9-6-10-21(32-2)23(18)28(30)31/h3-10,19H,11-15H2,1-2H3,(H,25,29). The van der Waals surface area contributed by atoms with Crippen LogP contribution in [0.5, 0.6) is 5.75 Å². The molecule has 0 aliphatic carbocycles. The number of ether oxygens (including phenoxy) is 1. The van der Waals surface area contributed by atoms with Crippen molar-refractivity contribution in [1.82, 2.24) is 15.2 Å². The fourth-order valence-electron chi connectivity index (χ4n) is 4.13. The highest BCUT2D eigenvalue weighted by Gasteiger charge is 2.28. The molecule has 1 N–H and O–H groups in total. The fourth-order valence-corrected chi connectivity index (χ4v) is 5.06. The van der Waals surface area contributed by atoms with Crippen LogP contribution in [0.1, 0.15) is 22.6 Å². The molecule has 1 unspecified atom stereocenters. The van der Waals surface area contributed by atoms with Crippen molar-refractivity contribution in [2.24, 2.45) is 0 Å². The molecule has 1 saturated heterocycles. The smallest absolute Gasteiger partial charge is 0.315 e. The quantitative estimate of drug-likeness (QED) is 0.399. The van der Waals surface area contributed by atoms with Crippen molar-refractivity contribution in [2.45, 2.75) is 32.4 Å². The second-order valence-electron chi connectivity index (χ2n) is 8.08. The van der Waals surface area contributed by atoms with Crippen LogP contribution in [0.2, 0.25) is 0 Å². The van der Waals surface area contributed by atoms with E-state index in [2.05, 4.69) is 15.2 Å². The first kappa shape index (κ1) is 22.9. The number of nitro groups is 1. The zero-order valence-electron chi connectivity index (χ0n) is 18.6. The van der Waals surface area contributed by atoms with Gasteiger partial charge in [-0.2, -0.15) is 0 Å². The number of carbonyl (C=O) groups excluding carboxylic acids is 1. The molecule has 3 aromatic rings. The van der Waals surface area contributed by atoms with Gasteiger partial charge >= 0.3 is 5.69 Å². The predicted octanol–water partition coefficient (Wildman–Crippen LogP) is 3.97. The van der Waals surface area contributed by atoms with Gasteiger partial charge in [0.05, 0.1) is 24.1 Å². The van der Waals surface area contributed by atoms with Crippen LogP contribution in [-0.2, 0) is 17.8 Å². The Kier molecular flexibility index (Phi) is 7.00. The van der Waals surface area contributed by atoms with Crippen LogP contribution >= 0.6 is 11.3 Å². The number of amides is 1. The third kappa shape index (κ3) is 5.37. The van der Waals surface area contributed by atoms with E-state index >= 15 is 0 Å². The molecule has 0 radical (unpaired) electrons. The van der Waals surface area contributed by atoms with Crippen LogP contribution in [-0.4, -0.2) is 47.0 Å². The lowest BCUT2D eigenvalue weighted by atomic mass is 10.1. The van der Waals surface area contributed by atoms with Gasteiger partial charge in [-0.25, -0.2) is 4.98 Å². The number of nitrogens with one attached hydrogen (secondary N) is 1. The van der Waals surface area contributed by atoms with E-state index in [4.69, 9.17) is 4.74 Å². The highest BCUT2D eigenvalue weighted by molar-refractivity contribution is 7.15. The van der Waals surface area contributed by atoms with Gasteiger partial charge in [-0.3, -0.25) is 19.8 Å². The molecular formula is C24H26N4O4S. The van der Waals surface area contributed by atoms with E-state index in [9.17, 15) is 14.9 Å². The second-order valence-corrected chi connectivity index (χ2v) is 9.28. The van der Waals surface area contributed by atoms with Crippen molar-refractivity contribution >= 4 is 22.9 Å². The van der Waals surface area contributed by atoms with Gasteiger partial charge in [0.1, 0.15) is 5.01 Å². The summed E-state index contributed by atoms with van der Waals surface area (Å²) >= 11 is 1.60. The van der Waals surface area contributed by atoms with Gasteiger partial charge in [0.2, 0.25) is 5.91 Å². The average molecular weight is 467 g/mol. The Morgan fingerprint density at radius 3 is 2.79 bits per heavy atom. The number of thiazole rings is 1. The van der Waals surface area contributed by atoms with Crippen LogP contribution in [0.15, 0.2) is 48.5 Å². The summed E-state index contributed by atoms with van der Waals surface area (Å²) in [6, 6.07) is 15.1. The predicted molar refractivity (Wildman–Crippen MR) is 127 cm³/mol. The van der Waals surface area contributed by atoms with E-state index in [1.807, 2.05) is 37.3 Å². The molecule has 8 nitrogen and oxygen atoms in total. The molecule has 4 rings (SSSR count). The Balaban J connectivity index is 1.34. The van der Waals surface area contributed by atoms with Crippen molar-refractivity contribution in [1.29, 1.82) is 0 Å². The molecule has 1 amide bonds. The maximum Gasteiger partial charge on any atom is 0.315 e. The van der Waals surface area contributed by atoms with Crippen LogP contribution in [0.4, 0.5) is 5.69 Å².